The molecule has 6 nitrogen and oxygen atoms in total. The number of carbonyl (C=O) groups is 1. The van der Waals surface area contributed by atoms with Crippen LogP contribution in [0.4, 0.5) is 5.82 Å². The van der Waals surface area contributed by atoms with Gasteiger partial charge in [-0.05, 0) is 34.6 Å². The molecule has 1 aromatic heterocycles. The Kier molecular flexibility index (Phi) is 4.69. The Balaban J connectivity index is 3.09. The van der Waals surface area contributed by atoms with Crippen LogP contribution in [0.5, 0.6) is 5.88 Å². The van der Waals surface area contributed by atoms with Gasteiger partial charge in [0.15, 0.2) is 0 Å². The summed E-state index contributed by atoms with van der Waals surface area (Å²) in [6, 6.07) is 1.66. The van der Waals surface area contributed by atoms with E-state index in [0.717, 1.165) is 0 Å². The molecule has 1 N–H and O–H groups in total. The smallest absolute Gasteiger partial charge is 0.328 e. The molecule has 0 saturated carbocycles. The quantitative estimate of drug-likeness (QED) is 0.849. The van der Waals surface area contributed by atoms with E-state index in [2.05, 4.69) is 9.97 Å². The predicted molar refractivity (Wildman–Crippen MR) is 72.5 cm³/mol. The minimum Gasteiger partial charge on any atom is -0.480 e. The number of likely N-dealkylation sites (N-methyl/N-ethyl adjacent to an activating group) is 1. The third-order valence-corrected chi connectivity index (χ3v) is 2.77. The maximum atomic E-state index is 11.3. The zero-order valence-electron chi connectivity index (χ0n) is 12.0. The number of hydrogen-bond acceptors (Lipinski definition) is 5. The molecule has 0 radical (unpaired) electrons. The molecule has 0 aliphatic heterocycles. The van der Waals surface area contributed by atoms with Crippen LogP contribution in [-0.2, 0) is 4.79 Å². The van der Waals surface area contributed by atoms with Crippen molar-refractivity contribution in [1.29, 1.82) is 0 Å². The van der Waals surface area contributed by atoms with Crippen molar-refractivity contribution in [2.45, 2.75) is 46.3 Å². The average Bonchev–Trinajstić information content (AvgIpc) is 2.28. The van der Waals surface area contributed by atoms with Gasteiger partial charge in [-0.15, -0.1) is 0 Å². The molecule has 0 saturated heterocycles. The van der Waals surface area contributed by atoms with Crippen LogP contribution < -0.4 is 9.64 Å². The summed E-state index contributed by atoms with van der Waals surface area (Å²) in [5.74, 6) is 0.0829. The van der Waals surface area contributed by atoms with Gasteiger partial charge in [-0.3, -0.25) is 0 Å². The highest BCUT2D eigenvalue weighted by Crippen LogP contribution is 2.24. The van der Waals surface area contributed by atoms with Gasteiger partial charge in [0.05, 0.1) is 6.10 Å². The first kappa shape index (κ1) is 15.2. The van der Waals surface area contributed by atoms with E-state index in [1.165, 1.54) is 6.33 Å². The van der Waals surface area contributed by atoms with E-state index in [0.29, 0.717) is 18.2 Å². The Hall–Kier alpha value is -1.85. The SMILES string of the molecule is CCN(c1cc(OC(C)C)ncn1)C(C)(C)C(=O)O. The van der Waals surface area contributed by atoms with Crippen LogP contribution in [0.3, 0.4) is 0 Å². The van der Waals surface area contributed by atoms with Crippen LogP contribution in [0, 0.1) is 0 Å². The van der Waals surface area contributed by atoms with E-state index < -0.39 is 11.5 Å². The Morgan fingerprint density at radius 2 is 2.11 bits per heavy atom. The number of aliphatic carboxylic acids is 1. The first-order chi connectivity index (χ1) is 8.78. The number of rotatable bonds is 6. The fourth-order valence-corrected chi connectivity index (χ4v) is 1.74. The number of carboxylic acid groups (broad SMARTS) is 1. The molecule has 0 bridgehead atoms. The fourth-order valence-electron chi connectivity index (χ4n) is 1.74. The lowest BCUT2D eigenvalue weighted by molar-refractivity contribution is -0.142. The molecule has 0 aromatic carbocycles. The number of aromatic nitrogens is 2. The zero-order valence-corrected chi connectivity index (χ0v) is 12.0. The standard InChI is InChI=1S/C13H21N3O3/c1-6-16(13(4,5)12(17)18)10-7-11(15-8-14-10)19-9(2)3/h7-9H,6H2,1-5H3,(H,17,18). The summed E-state index contributed by atoms with van der Waals surface area (Å²) >= 11 is 0. The monoisotopic (exact) mass is 267 g/mol. The summed E-state index contributed by atoms with van der Waals surface area (Å²) < 4.78 is 5.50. The molecule has 1 aromatic rings. The van der Waals surface area contributed by atoms with Gasteiger partial charge in [0.2, 0.25) is 5.88 Å². The summed E-state index contributed by atoms with van der Waals surface area (Å²) in [7, 11) is 0. The van der Waals surface area contributed by atoms with E-state index in [4.69, 9.17) is 4.74 Å². The molecule has 6 heteroatoms. The second-order valence-corrected chi connectivity index (χ2v) is 4.99. The second-order valence-electron chi connectivity index (χ2n) is 4.99. The van der Waals surface area contributed by atoms with Crippen molar-refractivity contribution in [1.82, 2.24) is 9.97 Å². The highest BCUT2D eigenvalue weighted by Gasteiger charge is 2.34. The Morgan fingerprint density at radius 1 is 1.47 bits per heavy atom. The molecule has 0 unspecified atom stereocenters. The van der Waals surface area contributed by atoms with Gasteiger partial charge >= 0.3 is 5.97 Å². The lowest BCUT2D eigenvalue weighted by atomic mass is 10.0. The van der Waals surface area contributed by atoms with E-state index >= 15 is 0 Å². The summed E-state index contributed by atoms with van der Waals surface area (Å²) in [6.45, 7) is 9.50. The minimum atomic E-state index is -1.04. The Morgan fingerprint density at radius 3 is 2.58 bits per heavy atom. The molecule has 19 heavy (non-hydrogen) atoms. The normalized spacial score (nSPS) is 11.5. The molecule has 106 valence electrons. The first-order valence-electron chi connectivity index (χ1n) is 6.28. The van der Waals surface area contributed by atoms with Crippen LogP contribution in [0.2, 0.25) is 0 Å². The molecule has 1 heterocycles. The number of nitrogens with zero attached hydrogens (tertiary/aromatic N) is 3. The molecule has 0 spiro atoms. The fraction of sp³-hybridized carbons (Fsp3) is 0.615. The van der Waals surface area contributed by atoms with Crippen molar-refractivity contribution in [2.75, 3.05) is 11.4 Å². The van der Waals surface area contributed by atoms with Crippen molar-refractivity contribution in [3.05, 3.63) is 12.4 Å². The van der Waals surface area contributed by atoms with Gasteiger partial charge < -0.3 is 14.7 Å². The molecule has 0 fully saturated rings. The molecule has 0 atom stereocenters. The highest BCUT2D eigenvalue weighted by molar-refractivity contribution is 5.82. The number of ether oxygens (including phenoxy) is 1. The lowest BCUT2D eigenvalue weighted by Crippen LogP contribution is -2.50. The van der Waals surface area contributed by atoms with Gasteiger partial charge in [0, 0.05) is 12.6 Å². The highest BCUT2D eigenvalue weighted by atomic mass is 16.5. The van der Waals surface area contributed by atoms with Crippen LogP contribution in [0.15, 0.2) is 12.4 Å². The van der Waals surface area contributed by atoms with Crippen LogP contribution in [0.1, 0.15) is 34.6 Å². The minimum absolute atomic E-state index is 0.00492. The van der Waals surface area contributed by atoms with E-state index in [-0.39, 0.29) is 6.10 Å². The summed E-state index contributed by atoms with van der Waals surface area (Å²) in [5, 5.41) is 9.30. The molecular weight excluding hydrogens is 246 g/mol. The van der Waals surface area contributed by atoms with Crippen molar-refractivity contribution in [3.8, 4) is 5.88 Å². The van der Waals surface area contributed by atoms with Crippen molar-refractivity contribution < 1.29 is 14.6 Å². The van der Waals surface area contributed by atoms with Crippen LogP contribution in [0.25, 0.3) is 0 Å². The third kappa shape index (κ3) is 3.56. The first-order valence-corrected chi connectivity index (χ1v) is 6.28. The molecule has 0 aliphatic rings. The average molecular weight is 267 g/mol. The number of carboxylic acids is 1. The van der Waals surface area contributed by atoms with Gasteiger partial charge in [-0.2, -0.15) is 0 Å². The Bertz CT molecular complexity index is 447. The maximum Gasteiger partial charge on any atom is 0.328 e. The summed E-state index contributed by atoms with van der Waals surface area (Å²) in [6.07, 6.45) is 1.39. The molecule has 0 aliphatic carbocycles. The van der Waals surface area contributed by atoms with Crippen molar-refractivity contribution in [2.24, 2.45) is 0 Å². The third-order valence-electron chi connectivity index (χ3n) is 2.77. The van der Waals surface area contributed by atoms with Crippen LogP contribution in [-0.4, -0.2) is 39.2 Å². The lowest BCUT2D eigenvalue weighted by Gasteiger charge is -2.35. The molecule has 1 rings (SSSR count). The Labute approximate surface area is 113 Å². The van der Waals surface area contributed by atoms with Crippen LogP contribution >= 0.6 is 0 Å². The van der Waals surface area contributed by atoms with Crippen molar-refractivity contribution >= 4 is 11.8 Å². The maximum absolute atomic E-state index is 11.3. The van der Waals surface area contributed by atoms with E-state index in [9.17, 15) is 9.90 Å². The molecule has 0 amide bonds. The second kappa shape index (κ2) is 5.86. The van der Waals surface area contributed by atoms with E-state index in [1.807, 2.05) is 20.8 Å². The van der Waals surface area contributed by atoms with Gasteiger partial charge in [0.1, 0.15) is 17.7 Å². The van der Waals surface area contributed by atoms with Gasteiger partial charge in [-0.25, -0.2) is 14.8 Å². The number of anilines is 1. The summed E-state index contributed by atoms with van der Waals surface area (Å²) in [5.41, 5.74) is -1.04. The largest absolute Gasteiger partial charge is 0.480 e. The van der Waals surface area contributed by atoms with Gasteiger partial charge in [0.25, 0.3) is 0 Å². The topological polar surface area (TPSA) is 75.5 Å². The van der Waals surface area contributed by atoms with E-state index in [1.54, 1.807) is 24.8 Å². The molecular formula is C13H21N3O3. The van der Waals surface area contributed by atoms with Crippen molar-refractivity contribution in [3.63, 3.8) is 0 Å². The summed E-state index contributed by atoms with van der Waals surface area (Å²) in [4.78, 5) is 21.2. The number of hydrogen-bond donors (Lipinski definition) is 1. The van der Waals surface area contributed by atoms with Gasteiger partial charge in [-0.1, -0.05) is 0 Å². The predicted octanol–water partition coefficient (Wildman–Crippen LogP) is 1.95. The zero-order chi connectivity index (χ0) is 14.6.